The molecule has 1 atom stereocenters. The Labute approximate surface area is 113 Å². The van der Waals surface area contributed by atoms with Gasteiger partial charge in [-0.3, -0.25) is 4.79 Å². The van der Waals surface area contributed by atoms with Crippen LogP contribution in [0, 0.1) is 0 Å². The molecule has 100 valence electrons. The Morgan fingerprint density at radius 3 is 2.83 bits per heavy atom. The average Bonchev–Trinajstić information content (AvgIpc) is 2.36. The number of benzene rings is 1. The summed E-state index contributed by atoms with van der Waals surface area (Å²) < 4.78 is 0. The zero-order chi connectivity index (χ0) is 13.4. The van der Waals surface area contributed by atoms with Crippen LogP contribution in [0.4, 0.5) is 0 Å². The molecule has 0 radical (unpaired) electrons. The summed E-state index contributed by atoms with van der Waals surface area (Å²) in [4.78, 5) is 12.0. The summed E-state index contributed by atoms with van der Waals surface area (Å²) in [6.07, 6.45) is 1.75. The van der Waals surface area contributed by atoms with E-state index in [1.807, 2.05) is 19.1 Å². The van der Waals surface area contributed by atoms with Gasteiger partial charge >= 0.3 is 5.97 Å². The Hall–Kier alpha value is -1.00. The van der Waals surface area contributed by atoms with Crippen LogP contribution in [0.2, 0.25) is 0 Å². The molecule has 0 saturated heterocycles. The molecule has 1 aromatic rings. The van der Waals surface area contributed by atoms with Gasteiger partial charge in [-0.05, 0) is 37.1 Å². The molecule has 0 aliphatic rings. The van der Waals surface area contributed by atoms with E-state index in [4.69, 9.17) is 5.11 Å². The molecule has 1 aromatic carbocycles. The summed E-state index contributed by atoms with van der Waals surface area (Å²) in [7, 11) is 0. The van der Waals surface area contributed by atoms with Crippen LogP contribution >= 0.6 is 11.8 Å². The van der Waals surface area contributed by atoms with Gasteiger partial charge in [0, 0.05) is 11.4 Å². The quantitative estimate of drug-likeness (QED) is 0.561. The van der Waals surface area contributed by atoms with Crippen LogP contribution in [-0.2, 0) is 11.3 Å². The third-order valence-corrected chi connectivity index (χ3v) is 3.92. The minimum absolute atomic E-state index is 0.358. The number of carboxylic acid groups (broad SMARTS) is 1. The van der Waals surface area contributed by atoms with Gasteiger partial charge in [0.05, 0.1) is 0 Å². The number of rotatable bonds is 8. The zero-order valence-electron chi connectivity index (χ0n) is 11.0. The maximum absolute atomic E-state index is 11.0. The summed E-state index contributed by atoms with van der Waals surface area (Å²) in [6, 6.07) is 8.09. The van der Waals surface area contributed by atoms with Gasteiger partial charge in [0.1, 0.15) is 5.25 Å². The Kier molecular flexibility index (Phi) is 6.83. The van der Waals surface area contributed by atoms with E-state index in [1.165, 1.54) is 17.3 Å². The first-order chi connectivity index (χ1) is 8.67. The van der Waals surface area contributed by atoms with Crippen LogP contribution in [0.25, 0.3) is 0 Å². The van der Waals surface area contributed by atoms with E-state index >= 15 is 0 Å². The SMILES string of the molecule is CCCNCc1cccc(SC(CC)C(=O)O)c1. The van der Waals surface area contributed by atoms with Gasteiger partial charge in [-0.25, -0.2) is 0 Å². The van der Waals surface area contributed by atoms with Gasteiger partial charge < -0.3 is 10.4 Å². The minimum atomic E-state index is -0.739. The molecule has 0 heterocycles. The van der Waals surface area contributed by atoms with Gasteiger partial charge in [-0.15, -0.1) is 11.8 Å². The summed E-state index contributed by atoms with van der Waals surface area (Å²) in [5.41, 5.74) is 1.20. The molecule has 2 N–H and O–H groups in total. The van der Waals surface area contributed by atoms with Crippen LogP contribution in [0.3, 0.4) is 0 Å². The molecule has 3 nitrogen and oxygen atoms in total. The topological polar surface area (TPSA) is 49.3 Å². The Morgan fingerprint density at radius 1 is 1.44 bits per heavy atom. The highest BCUT2D eigenvalue weighted by atomic mass is 32.2. The molecule has 0 bridgehead atoms. The Balaban J connectivity index is 2.60. The molecule has 1 rings (SSSR count). The van der Waals surface area contributed by atoms with Crippen molar-refractivity contribution in [3.05, 3.63) is 29.8 Å². The lowest BCUT2D eigenvalue weighted by Crippen LogP contribution is -2.15. The van der Waals surface area contributed by atoms with Crippen molar-refractivity contribution in [2.75, 3.05) is 6.54 Å². The van der Waals surface area contributed by atoms with Crippen molar-refractivity contribution >= 4 is 17.7 Å². The zero-order valence-corrected chi connectivity index (χ0v) is 11.8. The molecule has 0 spiro atoms. The molecule has 1 unspecified atom stereocenters. The molecule has 0 saturated carbocycles. The van der Waals surface area contributed by atoms with Crippen molar-refractivity contribution < 1.29 is 9.90 Å². The summed E-state index contributed by atoms with van der Waals surface area (Å²) >= 11 is 1.42. The van der Waals surface area contributed by atoms with Crippen molar-refractivity contribution in [2.45, 2.75) is 43.4 Å². The minimum Gasteiger partial charge on any atom is -0.480 e. The lowest BCUT2D eigenvalue weighted by Gasteiger charge is -2.10. The number of hydrogen-bond acceptors (Lipinski definition) is 3. The Morgan fingerprint density at radius 2 is 2.22 bits per heavy atom. The Bertz CT molecular complexity index is 382. The summed E-state index contributed by atoms with van der Waals surface area (Å²) in [5.74, 6) is -0.739. The molecule has 0 amide bonds. The predicted octanol–water partition coefficient (Wildman–Crippen LogP) is 3.14. The fourth-order valence-electron chi connectivity index (χ4n) is 1.61. The number of nitrogens with one attached hydrogen (secondary N) is 1. The van der Waals surface area contributed by atoms with Gasteiger partial charge in [-0.1, -0.05) is 26.0 Å². The number of aliphatic carboxylic acids is 1. The van der Waals surface area contributed by atoms with Crippen molar-refractivity contribution in [1.29, 1.82) is 0 Å². The van der Waals surface area contributed by atoms with Crippen molar-refractivity contribution in [1.82, 2.24) is 5.32 Å². The molecule has 4 heteroatoms. The standard InChI is InChI=1S/C14H21NO2S/c1-3-8-15-10-11-6-5-7-12(9-11)18-13(4-2)14(16)17/h5-7,9,13,15H,3-4,8,10H2,1-2H3,(H,16,17). The largest absolute Gasteiger partial charge is 0.480 e. The number of hydrogen-bond donors (Lipinski definition) is 2. The molecule has 0 fully saturated rings. The van der Waals surface area contributed by atoms with Gasteiger partial charge in [0.25, 0.3) is 0 Å². The van der Waals surface area contributed by atoms with Crippen LogP contribution in [0.5, 0.6) is 0 Å². The van der Waals surface area contributed by atoms with Crippen molar-refractivity contribution in [3.8, 4) is 0 Å². The second-order valence-electron chi connectivity index (χ2n) is 4.18. The first-order valence-electron chi connectivity index (χ1n) is 6.36. The number of carboxylic acids is 1. The van der Waals surface area contributed by atoms with E-state index < -0.39 is 5.97 Å². The van der Waals surface area contributed by atoms with Crippen LogP contribution < -0.4 is 5.32 Å². The van der Waals surface area contributed by atoms with E-state index in [0.717, 1.165) is 24.4 Å². The summed E-state index contributed by atoms with van der Waals surface area (Å²) in [5, 5.41) is 12.0. The highest BCUT2D eigenvalue weighted by Crippen LogP contribution is 2.26. The summed E-state index contributed by atoms with van der Waals surface area (Å²) in [6.45, 7) is 5.88. The van der Waals surface area contributed by atoms with Gasteiger partial charge in [0.15, 0.2) is 0 Å². The van der Waals surface area contributed by atoms with Gasteiger partial charge in [0.2, 0.25) is 0 Å². The maximum Gasteiger partial charge on any atom is 0.316 e. The monoisotopic (exact) mass is 267 g/mol. The van der Waals surface area contributed by atoms with Crippen molar-refractivity contribution in [2.24, 2.45) is 0 Å². The fraction of sp³-hybridized carbons (Fsp3) is 0.500. The van der Waals surface area contributed by atoms with Gasteiger partial charge in [-0.2, -0.15) is 0 Å². The molecular weight excluding hydrogens is 246 g/mol. The first-order valence-corrected chi connectivity index (χ1v) is 7.24. The average molecular weight is 267 g/mol. The molecule has 0 aliphatic heterocycles. The lowest BCUT2D eigenvalue weighted by molar-refractivity contribution is -0.136. The molecule has 0 aliphatic carbocycles. The number of thioether (sulfide) groups is 1. The third-order valence-electron chi connectivity index (χ3n) is 2.58. The number of carbonyl (C=O) groups is 1. The van der Waals surface area contributed by atoms with Crippen LogP contribution in [0.15, 0.2) is 29.2 Å². The smallest absolute Gasteiger partial charge is 0.316 e. The van der Waals surface area contributed by atoms with E-state index in [0.29, 0.717) is 6.42 Å². The van der Waals surface area contributed by atoms with E-state index in [1.54, 1.807) is 0 Å². The fourth-order valence-corrected chi connectivity index (χ4v) is 2.58. The van der Waals surface area contributed by atoms with Crippen LogP contribution in [0.1, 0.15) is 32.3 Å². The lowest BCUT2D eigenvalue weighted by atomic mass is 10.2. The van der Waals surface area contributed by atoms with E-state index in [-0.39, 0.29) is 5.25 Å². The highest BCUT2D eigenvalue weighted by molar-refractivity contribution is 8.00. The van der Waals surface area contributed by atoms with Crippen LogP contribution in [-0.4, -0.2) is 22.9 Å². The highest BCUT2D eigenvalue weighted by Gasteiger charge is 2.16. The molecule has 18 heavy (non-hydrogen) atoms. The molecule has 0 aromatic heterocycles. The second-order valence-corrected chi connectivity index (χ2v) is 5.45. The normalized spacial score (nSPS) is 12.3. The first kappa shape index (κ1) is 15.1. The second kappa shape index (κ2) is 8.16. The predicted molar refractivity (Wildman–Crippen MR) is 76.0 cm³/mol. The third kappa shape index (κ3) is 5.10. The van der Waals surface area contributed by atoms with Crippen molar-refractivity contribution in [3.63, 3.8) is 0 Å². The maximum atomic E-state index is 11.0. The van der Waals surface area contributed by atoms with E-state index in [9.17, 15) is 4.79 Å². The van der Waals surface area contributed by atoms with E-state index in [2.05, 4.69) is 24.4 Å². The molecular formula is C14H21NO2S.